The van der Waals surface area contributed by atoms with Gasteiger partial charge in [-0.25, -0.2) is 4.98 Å². The highest BCUT2D eigenvalue weighted by Gasteiger charge is 2.33. The molecule has 14 heavy (non-hydrogen) atoms. The largest absolute Gasteiger partial charge is 0.574 e. The molecule has 0 unspecified atom stereocenters. The molecule has 78 valence electrons. The maximum Gasteiger partial charge on any atom is 0.574 e. The lowest BCUT2D eigenvalue weighted by Gasteiger charge is -2.10. The highest BCUT2D eigenvalue weighted by molar-refractivity contribution is 14.1. The van der Waals surface area contributed by atoms with Crippen molar-refractivity contribution in [1.29, 1.82) is 0 Å². The maximum absolute atomic E-state index is 11.9. The van der Waals surface area contributed by atoms with E-state index in [2.05, 4.69) is 25.7 Å². The van der Waals surface area contributed by atoms with Crippen molar-refractivity contribution in [2.24, 2.45) is 0 Å². The third-order valence-electron chi connectivity index (χ3n) is 1.06. The lowest BCUT2D eigenvalue weighted by molar-refractivity contribution is -0.276. The summed E-state index contributed by atoms with van der Waals surface area (Å²) in [5, 5.41) is -0.0585. The third-order valence-corrected chi connectivity index (χ3v) is 3.62. The van der Waals surface area contributed by atoms with Gasteiger partial charge in [0.1, 0.15) is 5.15 Å². The molecule has 0 bridgehead atoms. The van der Waals surface area contributed by atoms with Gasteiger partial charge >= 0.3 is 6.36 Å². The van der Waals surface area contributed by atoms with E-state index in [0.717, 1.165) is 0 Å². The first kappa shape index (κ1) is 12.3. The van der Waals surface area contributed by atoms with Crippen molar-refractivity contribution in [3.05, 3.63) is 19.3 Å². The molecule has 8 heteroatoms. The van der Waals surface area contributed by atoms with Crippen LogP contribution in [0.15, 0.2) is 10.5 Å². The van der Waals surface area contributed by atoms with Crippen LogP contribution in [0, 0.1) is 3.57 Å². The smallest absolute Gasteiger partial charge is 0.387 e. The van der Waals surface area contributed by atoms with Crippen molar-refractivity contribution < 1.29 is 17.9 Å². The molecule has 0 amide bonds. The van der Waals surface area contributed by atoms with Gasteiger partial charge in [-0.05, 0) is 44.6 Å². The number of hydrogen-bond donors (Lipinski definition) is 0. The minimum atomic E-state index is -4.77. The molecule has 0 aromatic carbocycles. The minimum absolute atomic E-state index is 0.0585. The summed E-state index contributed by atoms with van der Waals surface area (Å²) in [7, 11) is 0. The molecule has 0 aliphatic heterocycles. The van der Waals surface area contributed by atoms with E-state index in [0.29, 0.717) is 3.57 Å². The Balaban J connectivity index is 3.09. The van der Waals surface area contributed by atoms with E-state index in [1.807, 2.05) is 22.6 Å². The summed E-state index contributed by atoms with van der Waals surface area (Å²) in [6.45, 7) is 0. The second-order valence-electron chi connectivity index (χ2n) is 2.09. The summed E-state index contributed by atoms with van der Waals surface area (Å²) in [6.07, 6.45) is -4.77. The molecule has 1 heterocycles. The standard InChI is InChI=1S/C6HBrClF3INO/c7-4-2(12)1-3(8)13-5(4)14-6(9,10)11/h1H. The zero-order valence-electron chi connectivity index (χ0n) is 6.20. The Morgan fingerprint density at radius 1 is 1.50 bits per heavy atom. The van der Waals surface area contributed by atoms with Crippen LogP contribution in [0.4, 0.5) is 13.2 Å². The second kappa shape index (κ2) is 4.40. The highest BCUT2D eigenvalue weighted by atomic mass is 127. The number of halogens is 6. The van der Waals surface area contributed by atoms with Gasteiger partial charge in [-0.15, -0.1) is 13.2 Å². The van der Waals surface area contributed by atoms with Crippen molar-refractivity contribution in [1.82, 2.24) is 4.98 Å². The molecular weight excluding hydrogens is 401 g/mol. The highest BCUT2D eigenvalue weighted by Crippen LogP contribution is 2.33. The number of rotatable bonds is 1. The predicted octanol–water partition coefficient (Wildman–Crippen LogP) is 4.00. The summed E-state index contributed by atoms with van der Waals surface area (Å²) in [5.74, 6) is -0.589. The zero-order valence-corrected chi connectivity index (χ0v) is 10.7. The van der Waals surface area contributed by atoms with Crippen molar-refractivity contribution in [3.63, 3.8) is 0 Å². The fraction of sp³-hybridized carbons (Fsp3) is 0.167. The molecule has 0 saturated carbocycles. The Hall–Kier alpha value is 0.240. The Bertz CT molecular complexity index is 360. The van der Waals surface area contributed by atoms with Gasteiger partial charge in [-0.1, -0.05) is 11.6 Å². The molecule has 0 aliphatic carbocycles. The average Bonchev–Trinajstić information content (AvgIpc) is 1.96. The third kappa shape index (κ3) is 3.43. The SMILES string of the molecule is FC(F)(F)Oc1nc(Cl)cc(I)c1Br. The van der Waals surface area contributed by atoms with Gasteiger partial charge in [0, 0.05) is 3.57 Å². The predicted molar refractivity (Wildman–Crippen MR) is 56.3 cm³/mol. The maximum atomic E-state index is 11.9. The van der Waals surface area contributed by atoms with Crippen LogP contribution in [0.1, 0.15) is 0 Å². The first-order valence-corrected chi connectivity index (χ1v) is 5.32. The van der Waals surface area contributed by atoms with Gasteiger partial charge in [0.05, 0.1) is 4.47 Å². The van der Waals surface area contributed by atoms with Gasteiger partial charge in [0.2, 0.25) is 5.88 Å². The Labute approximate surface area is 104 Å². The van der Waals surface area contributed by atoms with Crippen molar-refractivity contribution in [2.75, 3.05) is 0 Å². The van der Waals surface area contributed by atoms with Crippen LogP contribution in [0.5, 0.6) is 5.88 Å². The topological polar surface area (TPSA) is 22.1 Å². The lowest BCUT2D eigenvalue weighted by atomic mass is 10.5. The molecule has 0 fully saturated rings. The number of ether oxygens (including phenoxy) is 1. The van der Waals surface area contributed by atoms with E-state index >= 15 is 0 Å². The molecule has 0 N–H and O–H groups in total. The van der Waals surface area contributed by atoms with Crippen LogP contribution in [-0.2, 0) is 0 Å². The molecule has 0 atom stereocenters. The number of nitrogens with zero attached hydrogens (tertiary/aromatic N) is 1. The van der Waals surface area contributed by atoms with E-state index in [9.17, 15) is 13.2 Å². The van der Waals surface area contributed by atoms with Crippen LogP contribution in [-0.4, -0.2) is 11.3 Å². The van der Waals surface area contributed by atoms with Gasteiger partial charge in [0.25, 0.3) is 0 Å². The Kier molecular flexibility index (Phi) is 3.87. The molecule has 0 aliphatic rings. The van der Waals surface area contributed by atoms with E-state index in [1.54, 1.807) is 0 Å². The van der Waals surface area contributed by atoms with E-state index in [4.69, 9.17) is 11.6 Å². The number of hydrogen-bond acceptors (Lipinski definition) is 2. The van der Waals surface area contributed by atoms with Crippen LogP contribution in [0.2, 0.25) is 5.15 Å². The van der Waals surface area contributed by atoms with Crippen molar-refractivity contribution in [3.8, 4) is 5.88 Å². The van der Waals surface area contributed by atoms with Crippen LogP contribution >= 0.6 is 50.1 Å². The van der Waals surface area contributed by atoms with Crippen molar-refractivity contribution in [2.45, 2.75) is 6.36 Å². The summed E-state index contributed by atoms with van der Waals surface area (Å²) in [6, 6.07) is 1.41. The summed E-state index contributed by atoms with van der Waals surface area (Å²) in [5.41, 5.74) is 0. The normalized spacial score (nSPS) is 11.6. The summed E-state index contributed by atoms with van der Waals surface area (Å²) < 4.78 is 39.8. The number of alkyl halides is 3. The molecule has 0 spiro atoms. The molecular formula is C6HBrClF3INO. The molecule has 1 aromatic rings. The summed E-state index contributed by atoms with van der Waals surface area (Å²) in [4.78, 5) is 3.39. The molecule has 2 nitrogen and oxygen atoms in total. The first-order chi connectivity index (χ1) is 6.29. The van der Waals surface area contributed by atoms with Crippen LogP contribution in [0.3, 0.4) is 0 Å². The second-order valence-corrected chi connectivity index (χ2v) is 4.44. The molecule has 1 aromatic heterocycles. The zero-order chi connectivity index (χ0) is 10.9. The van der Waals surface area contributed by atoms with Crippen LogP contribution in [0.25, 0.3) is 0 Å². The van der Waals surface area contributed by atoms with Crippen molar-refractivity contribution >= 4 is 50.1 Å². The number of pyridine rings is 1. The fourth-order valence-electron chi connectivity index (χ4n) is 0.626. The summed E-state index contributed by atoms with van der Waals surface area (Å²) >= 11 is 10.2. The van der Waals surface area contributed by atoms with E-state index in [1.165, 1.54) is 6.07 Å². The lowest BCUT2D eigenvalue weighted by Crippen LogP contribution is -2.18. The fourth-order valence-corrected chi connectivity index (χ4v) is 1.81. The van der Waals surface area contributed by atoms with Gasteiger partial charge in [-0.2, -0.15) is 0 Å². The number of aromatic nitrogens is 1. The quantitative estimate of drug-likeness (QED) is 0.523. The van der Waals surface area contributed by atoms with E-state index < -0.39 is 12.2 Å². The van der Waals surface area contributed by atoms with Gasteiger partial charge in [0.15, 0.2) is 0 Å². The molecule has 1 rings (SSSR count). The average molecular weight is 402 g/mol. The van der Waals surface area contributed by atoms with Gasteiger partial charge in [-0.3, -0.25) is 0 Å². The van der Waals surface area contributed by atoms with E-state index in [-0.39, 0.29) is 9.63 Å². The molecule has 0 saturated heterocycles. The van der Waals surface area contributed by atoms with Gasteiger partial charge < -0.3 is 4.74 Å². The minimum Gasteiger partial charge on any atom is -0.387 e. The Morgan fingerprint density at radius 3 is 2.57 bits per heavy atom. The molecule has 0 radical (unpaired) electrons. The first-order valence-electron chi connectivity index (χ1n) is 3.07. The van der Waals surface area contributed by atoms with Crippen LogP contribution < -0.4 is 4.74 Å². The monoisotopic (exact) mass is 401 g/mol. The Morgan fingerprint density at radius 2 is 2.07 bits per heavy atom.